The van der Waals surface area contributed by atoms with Gasteiger partial charge in [-0.05, 0) is 0 Å². The Balaban J connectivity index is -0.0000000720. The molecule has 0 heterocycles. The van der Waals surface area contributed by atoms with E-state index in [1.165, 1.54) is 0 Å². The van der Waals surface area contributed by atoms with Crippen LogP contribution in [0.25, 0.3) is 0 Å². The monoisotopic (exact) mass is 273 g/mol. The van der Waals surface area contributed by atoms with Gasteiger partial charge in [0, 0.05) is 22.4 Å². The molecule has 0 rings (SSSR count). The molecule has 0 amide bonds. The van der Waals surface area contributed by atoms with Crippen LogP contribution in [0, 0.1) is 21.6 Å². The van der Waals surface area contributed by atoms with Crippen molar-refractivity contribution in [2.45, 2.75) is 0 Å². The molecule has 0 unspecified atom stereocenters. The van der Waals surface area contributed by atoms with E-state index in [-0.39, 0.29) is 22.4 Å². The summed E-state index contributed by atoms with van der Waals surface area (Å²) in [6.07, 6.45) is 0. The van der Waals surface area contributed by atoms with Gasteiger partial charge in [-0.15, -0.1) is 0 Å². The maximum Gasteiger partial charge on any atom is 0.0695 e. The number of halogens is 2. The van der Waals surface area contributed by atoms with Gasteiger partial charge in [0.15, 0.2) is 0 Å². The van der Waals surface area contributed by atoms with Crippen molar-refractivity contribution in [1.29, 1.82) is 0 Å². The molecular formula is AgCl2O6-2. The second-order valence-electron chi connectivity index (χ2n) is 0.378. The van der Waals surface area contributed by atoms with E-state index in [0.717, 1.165) is 0 Å². The van der Waals surface area contributed by atoms with E-state index in [0.29, 0.717) is 0 Å². The zero-order chi connectivity index (χ0) is 7.15. The van der Waals surface area contributed by atoms with Gasteiger partial charge in [-0.3, -0.25) is 0 Å². The first-order valence-corrected chi connectivity index (χ1v) is 2.78. The van der Waals surface area contributed by atoms with Crippen molar-refractivity contribution in [2.75, 3.05) is 0 Å². The van der Waals surface area contributed by atoms with Crippen LogP contribution in [0.3, 0.4) is 0 Å². The Morgan fingerprint density at radius 2 is 0.556 bits per heavy atom. The molecule has 0 aromatic rings. The zero-order valence-corrected chi connectivity index (χ0v) is 6.50. The summed E-state index contributed by atoms with van der Waals surface area (Å²) < 4.78 is 50.4. The molecule has 0 saturated carbocycles. The third-order valence-electron chi connectivity index (χ3n) is 0. The number of hydrogen-bond donors (Lipinski definition) is 0. The first-order chi connectivity index (χ1) is 3.46. The van der Waals surface area contributed by atoms with Crippen LogP contribution in [0.5, 0.6) is 0 Å². The fourth-order valence-electron chi connectivity index (χ4n) is 0. The van der Waals surface area contributed by atoms with Crippen LogP contribution in [0.2, 0.25) is 0 Å². The standard InChI is InChI=1S/Ag.2ClO3/c;2*2-1(3)4/q;2*-1. The molecule has 0 aromatic carbocycles. The van der Waals surface area contributed by atoms with Gasteiger partial charge in [-0.2, -0.15) is 0 Å². The Kier molecular flexibility index (Phi) is 21.8. The van der Waals surface area contributed by atoms with Crippen LogP contribution in [-0.4, -0.2) is 0 Å². The fraction of sp³-hybridized carbons (Fsp3) is 0. The summed E-state index contributed by atoms with van der Waals surface area (Å²) in [5.41, 5.74) is 0. The second kappa shape index (κ2) is 11.8. The fourth-order valence-corrected chi connectivity index (χ4v) is 0. The molecule has 0 N–H and O–H groups in total. The molecule has 0 fully saturated rings. The maximum atomic E-state index is 8.41. The van der Waals surface area contributed by atoms with Crippen molar-refractivity contribution >= 4 is 0 Å². The largest absolute Gasteiger partial charge is 0.357 e. The van der Waals surface area contributed by atoms with Crippen molar-refractivity contribution in [1.82, 2.24) is 0 Å². The third-order valence-corrected chi connectivity index (χ3v) is 0. The Hall–Kier alpha value is 1.08. The Bertz CT molecular complexity index is 26.5. The van der Waals surface area contributed by atoms with Crippen LogP contribution < -0.4 is 28.0 Å². The average Bonchev–Trinajstić information content (AvgIpc) is 1.25. The Morgan fingerprint density at radius 1 is 0.556 bits per heavy atom. The SMILES string of the molecule is [Ag].[O-][Cl+2]([O-])[O-].[O-][Cl+2]([O-])[O-]. The van der Waals surface area contributed by atoms with Crippen LogP contribution in [0.15, 0.2) is 0 Å². The molecular weight excluding hydrogens is 275 g/mol. The van der Waals surface area contributed by atoms with Crippen molar-refractivity contribution in [3.8, 4) is 0 Å². The molecule has 6 nitrogen and oxygen atoms in total. The Morgan fingerprint density at radius 3 is 0.556 bits per heavy atom. The van der Waals surface area contributed by atoms with E-state index in [9.17, 15) is 0 Å². The topological polar surface area (TPSA) is 138 Å². The molecule has 9 heteroatoms. The van der Waals surface area contributed by atoms with Gasteiger partial charge in [0.2, 0.25) is 0 Å². The first kappa shape index (κ1) is 16.6. The van der Waals surface area contributed by atoms with Crippen LogP contribution in [0.1, 0.15) is 0 Å². The normalized spacial score (nSPS) is 8.00. The summed E-state index contributed by atoms with van der Waals surface area (Å²) in [6.45, 7) is 0. The minimum Gasteiger partial charge on any atom is -0.357 e. The predicted molar refractivity (Wildman–Crippen MR) is 0 cm³/mol. The summed E-state index contributed by atoms with van der Waals surface area (Å²) in [5.74, 6) is 0. The van der Waals surface area contributed by atoms with E-state index in [1.54, 1.807) is 0 Å². The van der Waals surface area contributed by atoms with Crippen molar-refractivity contribution < 1.29 is 71.9 Å². The smallest absolute Gasteiger partial charge is 0.0695 e. The van der Waals surface area contributed by atoms with Crippen molar-refractivity contribution in [3.63, 3.8) is 0 Å². The molecule has 63 valence electrons. The van der Waals surface area contributed by atoms with Crippen molar-refractivity contribution in [3.05, 3.63) is 0 Å². The van der Waals surface area contributed by atoms with E-state index >= 15 is 0 Å². The molecule has 0 saturated heterocycles. The molecule has 0 aliphatic heterocycles. The summed E-state index contributed by atoms with van der Waals surface area (Å²) in [5, 5.41) is 0. The van der Waals surface area contributed by atoms with Crippen LogP contribution in [0.4, 0.5) is 0 Å². The van der Waals surface area contributed by atoms with E-state index in [4.69, 9.17) is 28.0 Å². The molecule has 0 atom stereocenters. The molecule has 1 radical (unpaired) electrons. The van der Waals surface area contributed by atoms with Gasteiger partial charge in [0.25, 0.3) is 0 Å². The van der Waals surface area contributed by atoms with Crippen LogP contribution >= 0.6 is 0 Å². The summed E-state index contributed by atoms with van der Waals surface area (Å²) in [7, 11) is -5.70. The van der Waals surface area contributed by atoms with Gasteiger partial charge < -0.3 is 28.0 Å². The predicted octanol–water partition coefficient (Wildman–Crippen LogP) is -7.14. The van der Waals surface area contributed by atoms with Gasteiger partial charge in [-0.1, -0.05) is 0 Å². The quantitative estimate of drug-likeness (QED) is 0.402. The Labute approximate surface area is 72.0 Å². The summed E-state index contributed by atoms with van der Waals surface area (Å²) in [6, 6.07) is 0. The zero-order valence-electron chi connectivity index (χ0n) is 3.51. The summed E-state index contributed by atoms with van der Waals surface area (Å²) in [4.78, 5) is 0. The van der Waals surface area contributed by atoms with E-state index < -0.39 is 21.6 Å². The molecule has 0 bridgehead atoms. The van der Waals surface area contributed by atoms with E-state index in [2.05, 4.69) is 0 Å². The van der Waals surface area contributed by atoms with Gasteiger partial charge in [0.05, 0.1) is 21.6 Å². The molecule has 0 spiro atoms. The third kappa shape index (κ3) is 390. The number of rotatable bonds is 0. The van der Waals surface area contributed by atoms with Crippen LogP contribution in [-0.2, 0) is 22.4 Å². The molecule has 9 heavy (non-hydrogen) atoms. The van der Waals surface area contributed by atoms with Gasteiger partial charge >= 0.3 is 0 Å². The first-order valence-electron chi connectivity index (χ1n) is 0.926. The van der Waals surface area contributed by atoms with Crippen molar-refractivity contribution in [2.24, 2.45) is 0 Å². The minimum atomic E-state index is -2.85. The van der Waals surface area contributed by atoms with E-state index in [1.807, 2.05) is 0 Å². The average molecular weight is 275 g/mol. The minimum absolute atomic E-state index is 0. The molecule has 0 aliphatic carbocycles. The molecule has 0 aromatic heterocycles. The molecule has 0 aliphatic rings. The summed E-state index contributed by atoms with van der Waals surface area (Å²) >= 11 is 0. The van der Waals surface area contributed by atoms with Gasteiger partial charge in [0.1, 0.15) is 0 Å². The second-order valence-corrected chi connectivity index (χ2v) is 1.13. The van der Waals surface area contributed by atoms with Gasteiger partial charge in [-0.25, -0.2) is 0 Å². The maximum absolute atomic E-state index is 8.41. The number of hydrogen-bond acceptors (Lipinski definition) is 6.